The number of hydrazone groups is 1. The van der Waals surface area contributed by atoms with Crippen LogP contribution in [0.3, 0.4) is 0 Å². The summed E-state index contributed by atoms with van der Waals surface area (Å²) in [5.74, 6) is -0.267. The van der Waals surface area contributed by atoms with E-state index >= 15 is 0 Å². The molecule has 0 aliphatic rings. The zero-order chi connectivity index (χ0) is 20.3. The monoisotopic (exact) mass is 415 g/mol. The molecule has 0 atom stereocenters. The predicted octanol–water partition coefficient (Wildman–Crippen LogP) is 5.18. The molecule has 0 aliphatic carbocycles. The number of phenols is 1. The Kier molecular flexibility index (Phi) is 6.21. The van der Waals surface area contributed by atoms with Crippen LogP contribution in [-0.2, 0) is 0 Å². The van der Waals surface area contributed by atoms with Gasteiger partial charge in [-0.15, -0.1) is 11.3 Å². The van der Waals surface area contributed by atoms with Gasteiger partial charge in [0.1, 0.15) is 10.6 Å². The minimum Gasteiger partial charge on any atom is -0.507 e. The molecule has 146 valence electrons. The number of fused-ring (bicyclic) bond motifs is 1. The van der Waals surface area contributed by atoms with Crippen LogP contribution in [0.5, 0.6) is 5.75 Å². The van der Waals surface area contributed by atoms with Gasteiger partial charge in [0.2, 0.25) is 0 Å². The summed E-state index contributed by atoms with van der Waals surface area (Å²) in [6.07, 6.45) is 1.42. The van der Waals surface area contributed by atoms with Gasteiger partial charge in [-0.2, -0.15) is 5.10 Å². The molecule has 28 heavy (non-hydrogen) atoms. The summed E-state index contributed by atoms with van der Waals surface area (Å²) >= 11 is 7.69. The lowest BCUT2D eigenvalue weighted by molar-refractivity contribution is 0.0959. The number of phenolic OH excluding ortho intramolecular Hbond substituents is 1. The molecule has 0 fully saturated rings. The molecule has 1 heterocycles. The molecule has 5 nitrogen and oxygen atoms in total. The van der Waals surface area contributed by atoms with Gasteiger partial charge in [-0.3, -0.25) is 4.79 Å². The minimum absolute atomic E-state index is 0.109. The number of carbonyl (C=O) groups excluding carboxylic acids is 1. The van der Waals surface area contributed by atoms with Crippen LogP contribution in [0.25, 0.3) is 10.1 Å². The van der Waals surface area contributed by atoms with Crippen LogP contribution in [0.4, 0.5) is 5.69 Å². The third-order valence-corrected chi connectivity index (χ3v) is 6.16. The van der Waals surface area contributed by atoms with E-state index in [9.17, 15) is 9.90 Å². The molecule has 0 bridgehead atoms. The molecular formula is C21H22ClN3O2S. The highest BCUT2D eigenvalue weighted by molar-refractivity contribution is 7.21. The van der Waals surface area contributed by atoms with E-state index in [1.165, 1.54) is 17.6 Å². The molecule has 1 aromatic heterocycles. The Labute approximate surface area is 173 Å². The lowest BCUT2D eigenvalue weighted by Crippen LogP contribution is -2.21. The van der Waals surface area contributed by atoms with E-state index in [1.54, 1.807) is 12.1 Å². The van der Waals surface area contributed by atoms with Gasteiger partial charge in [-0.1, -0.05) is 23.7 Å². The van der Waals surface area contributed by atoms with Crippen molar-refractivity contribution >= 4 is 50.8 Å². The minimum atomic E-state index is -0.376. The van der Waals surface area contributed by atoms with Crippen molar-refractivity contribution in [2.24, 2.45) is 5.10 Å². The number of aryl methyl sites for hydroxylation is 1. The number of amides is 1. The normalized spacial score (nSPS) is 11.3. The van der Waals surface area contributed by atoms with Crippen LogP contribution in [-0.4, -0.2) is 30.3 Å². The van der Waals surface area contributed by atoms with Gasteiger partial charge < -0.3 is 10.0 Å². The van der Waals surface area contributed by atoms with Crippen LogP contribution in [0.2, 0.25) is 5.02 Å². The Morgan fingerprint density at radius 1 is 1.25 bits per heavy atom. The van der Waals surface area contributed by atoms with Gasteiger partial charge in [0.25, 0.3) is 5.91 Å². The van der Waals surface area contributed by atoms with Crippen molar-refractivity contribution in [3.05, 3.63) is 57.4 Å². The van der Waals surface area contributed by atoms with Gasteiger partial charge in [0.15, 0.2) is 0 Å². The van der Waals surface area contributed by atoms with Crippen molar-refractivity contribution in [2.75, 3.05) is 18.0 Å². The molecular weight excluding hydrogens is 394 g/mol. The van der Waals surface area contributed by atoms with Crippen LogP contribution < -0.4 is 10.3 Å². The fourth-order valence-electron chi connectivity index (χ4n) is 2.96. The summed E-state index contributed by atoms with van der Waals surface area (Å²) in [6.45, 7) is 7.83. The van der Waals surface area contributed by atoms with Gasteiger partial charge in [0.05, 0.1) is 11.2 Å². The number of halogens is 1. The van der Waals surface area contributed by atoms with Crippen molar-refractivity contribution in [2.45, 2.75) is 20.8 Å². The van der Waals surface area contributed by atoms with E-state index in [1.807, 2.05) is 31.2 Å². The summed E-state index contributed by atoms with van der Waals surface area (Å²) in [5, 5.41) is 15.5. The molecule has 1 amide bonds. The van der Waals surface area contributed by atoms with Crippen LogP contribution in [0.15, 0.2) is 41.5 Å². The number of nitrogens with zero attached hydrogens (tertiary/aromatic N) is 2. The maximum Gasteiger partial charge on any atom is 0.283 e. The van der Waals surface area contributed by atoms with Gasteiger partial charge >= 0.3 is 0 Å². The average Bonchev–Trinajstić information content (AvgIpc) is 3.00. The second-order valence-corrected chi connectivity index (χ2v) is 7.79. The highest BCUT2D eigenvalue weighted by atomic mass is 35.5. The zero-order valence-corrected chi connectivity index (χ0v) is 17.6. The maximum absolute atomic E-state index is 12.4. The van der Waals surface area contributed by atoms with Crippen molar-refractivity contribution in [1.29, 1.82) is 0 Å². The molecule has 3 aromatic rings. The highest BCUT2D eigenvalue weighted by Gasteiger charge is 2.16. The first-order valence-corrected chi connectivity index (χ1v) is 10.2. The Morgan fingerprint density at radius 3 is 2.68 bits per heavy atom. The fourth-order valence-corrected chi connectivity index (χ4v) is 4.46. The molecule has 7 heteroatoms. The first kappa shape index (κ1) is 20.2. The SMILES string of the molecule is CCN(CC)c1ccc(/C=N/NC(=O)c2sc3cc(C)ccc3c2Cl)c(O)c1. The quantitative estimate of drug-likeness (QED) is 0.430. The number of benzene rings is 2. The largest absolute Gasteiger partial charge is 0.507 e. The molecule has 2 N–H and O–H groups in total. The van der Waals surface area contributed by atoms with Crippen molar-refractivity contribution < 1.29 is 9.90 Å². The third-order valence-electron chi connectivity index (χ3n) is 4.50. The highest BCUT2D eigenvalue weighted by Crippen LogP contribution is 2.35. The second kappa shape index (κ2) is 8.63. The Bertz CT molecular complexity index is 1040. The maximum atomic E-state index is 12.4. The van der Waals surface area contributed by atoms with Gasteiger partial charge in [-0.05, 0) is 44.5 Å². The number of anilines is 1. The first-order chi connectivity index (χ1) is 13.4. The van der Waals surface area contributed by atoms with E-state index in [0.717, 1.165) is 34.4 Å². The standard InChI is InChI=1S/C21H22ClN3O2S/c1-4-25(5-2)15-8-7-14(17(26)11-15)12-23-24-21(27)20-19(22)16-9-6-13(3)10-18(16)28-20/h6-12,26H,4-5H2,1-3H3,(H,24,27)/b23-12+. The molecule has 0 saturated carbocycles. The number of thiophene rings is 1. The number of nitrogens with one attached hydrogen (secondary N) is 1. The van der Waals surface area contributed by atoms with Crippen LogP contribution >= 0.6 is 22.9 Å². The average molecular weight is 416 g/mol. The number of aromatic hydroxyl groups is 1. The van der Waals surface area contributed by atoms with Gasteiger partial charge in [-0.25, -0.2) is 5.43 Å². The molecule has 0 radical (unpaired) electrons. The van der Waals surface area contributed by atoms with E-state index in [2.05, 4.69) is 29.3 Å². The number of hydrogen-bond acceptors (Lipinski definition) is 5. The smallest absolute Gasteiger partial charge is 0.283 e. The lowest BCUT2D eigenvalue weighted by atomic mass is 10.2. The summed E-state index contributed by atoms with van der Waals surface area (Å²) in [5.41, 5.74) is 5.06. The van der Waals surface area contributed by atoms with Crippen LogP contribution in [0, 0.1) is 6.92 Å². The first-order valence-electron chi connectivity index (χ1n) is 9.04. The van der Waals surface area contributed by atoms with Gasteiger partial charge in [0, 0.05) is 40.5 Å². The third kappa shape index (κ3) is 4.13. The summed E-state index contributed by atoms with van der Waals surface area (Å²) in [6, 6.07) is 11.3. The molecule has 0 saturated heterocycles. The van der Waals surface area contributed by atoms with Crippen molar-refractivity contribution in [1.82, 2.24) is 5.43 Å². The Hall–Kier alpha value is -2.57. The Balaban J connectivity index is 1.74. The zero-order valence-electron chi connectivity index (χ0n) is 16.0. The Morgan fingerprint density at radius 2 is 2.00 bits per heavy atom. The summed E-state index contributed by atoms with van der Waals surface area (Å²) < 4.78 is 0.962. The summed E-state index contributed by atoms with van der Waals surface area (Å²) in [4.78, 5) is 15.0. The van der Waals surface area contributed by atoms with E-state index in [-0.39, 0.29) is 11.7 Å². The van der Waals surface area contributed by atoms with E-state index in [0.29, 0.717) is 15.5 Å². The molecule has 0 unspecified atom stereocenters. The van der Waals surface area contributed by atoms with Crippen LogP contribution in [0.1, 0.15) is 34.6 Å². The lowest BCUT2D eigenvalue weighted by Gasteiger charge is -2.21. The molecule has 2 aromatic carbocycles. The molecule has 3 rings (SSSR count). The topological polar surface area (TPSA) is 64.9 Å². The van der Waals surface area contributed by atoms with E-state index in [4.69, 9.17) is 11.6 Å². The number of rotatable bonds is 6. The second-order valence-electron chi connectivity index (χ2n) is 6.36. The van der Waals surface area contributed by atoms with Crippen molar-refractivity contribution in [3.63, 3.8) is 0 Å². The fraction of sp³-hybridized carbons (Fsp3) is 0.238. The predicted molar refractivity (Wildman–Crippen MR) is 118 cm³/mol. The van der Waals surface area contributed by atoms with E-state index < -0.39 is 0 Å². The molecule has 0 aliphatic heterocycles. The number of carbonyl (C=O) groups is 1. The van der Waals surface area contributed by atoms with Crippen molar-refractivity contribution in [3.8, 4) is 5.75 Å². The summed E-state index contributed by atoms with van der Waals surface area (Å²) in [7, 11) is 0. The molecule has 0 spiro atoms. The number of hydrogen-bond donors (Lipinski definition) is 2.